The van der Waals surface area contributed by atoms with Gasteiger partial charge in [0.15, 0.2) is 6.23 Å². The number of hydrogen-bond acceptors (Lipinski definition) is 9. The van der Waals surface area contributed by atoms with Crippen LogP contribution in [0.3, 0.4) is 0 Å². The van der Waals surface area contributed by atoms with Crippen molar-refractivity contribution in [3.63, 3.8) is 0 Å². The number of methoxy groups -OCH3 is 1. The van der Waals surface area contributed by atoms with E-state index in [2.05, 4.69) is 20.6 Å². The Kier molecular flexibility index (Phi) is 8.59. The van der Waals surface area contributed by atoms with Crippen LogP contribution in [0.5, 0.6) is 11.5 Å². The number of aliphatic hydroxyl groups is 1. The van der Waals surface area contributed by atoms with Crippen LogP contribution in [0.4, 0.5) is 22.1 Å². The zero-order valence-electron chi connectivity index (χ0n) is 22.2. The van der Waals surface area contributed by atoms with E-state index in [4.69, 9.17) is 9.47 Å². The SMILES string of the molecule is COCCN(C)C(=O)Nc1cc(Oc2ccc(NC(=O)C3=C(C)N(C)N(c4ccccc4)C3O)nc2)ccn1. The van der Waals surface area contributed by atoms with Gasteiger partial charge >= 0.3 is 6.03 Å². The Morgan fingerprint density at radius 3 is 2.51 bits per heavy atom. The number of rotatable bonds is 9. The molecule has 1 unspecified atom stereocenters. The van der Waals surface area contributed by atoms with Crippen molar-refractivity contribution in [1.82, 2.24) is 19.9 Å². The van der Waals surface area contributed by atoms with Crippen LogP contribution >= 0.6 is 0 Å². The number of anilines is 3. The minimum Gasteiger partial charge on any atom is -0.456 e. The smallest absolute Gasteiger partial charge is 0.322 e. The lowest BCUT2D eigenvalue weighted by atomic mass is 10.1. The Labute approximate surface area is 226 Å². The maximum Gasteiger partial charge on any atom is 0.322 e. The zero-order chi connectivity index (χ0) is 27.9. The fourth-order valence-electron chi connectivity index (χ4n) is 3.90. The average molecular weight is 534 g/mol. The summed E-state index contributed by atoms with van der Waals surface area (Å²) in [6, 6.07) is 15.5. The molecule has 0 fully saturated rings. The van der Waals surface area contributed by atoms with E-state index in [1.807, 2.05) is 30.3 Å². The highest BCUT2D eigenvalue weighted by Gasteiger charge is 2.37. The number of likely N-dealkylation sites (N-methyl/N-ethyl adjacent to an activating group) is 1. The molecular weight excluding hydrogens is 502 g/mol. The van der Waals surface area contributed by atoms with Crippen LogP contribution in [0.2, 0.25) is 0 Å². The standard InChI is InChI=1S/C27H31N7O5/c1-18-24(26(36)34(33(18)3)19-8-6-5-7-9-19)25(35)30-22-11-10-21(17-29-22)39-20-12-13-28-23(16-20)31-27(37)32(2)14-15-38-4/h5-13,16-17,26,36H,14-15H2,1-4H3,(H,28,31,37)(H,29,30,35). The summed E-state index contributed by atoms with van der Waals surface area (Å²) in [5.74, 6) is 1.02. The molecule has 3 aromatic rings. The third-order valence-electron chi connectivity index (χ3n) is 6.11. The third-order valence-corrected chi connectivity index (χ3v) is 6.11. The fourth-order valence-corrected chi connectivity index (χ4v) is 3.90. The summed E-state index contributed by atoms with van der Waals surface area (Å²) in [4.78, 5) is 35.2. The molecule has 3 amide bonds. The quantitative estimate of drug-likeness (QED) is 0.379. The average Bonchev–Trinajstić information content (AvgIpc) is 3.16. The molecule has 3 heterocycles. The number of pyridine rings is 2. The minimum atomic E-state index is -1.15. The second kappa shape index (κ2) is 12.2. The molecule has 0 spiro atoms. The molecule has 12 nitrogen and oxygen atoms in total. The van der Waals surface area contributed by atoms with Crippen LogP contribution in [0, 0.1) is 0 Å². The van der Waals surface area contributed by atoms with Crippen LogP contribution in [-0.2, 0) is 9.53 Å². The molecule has 1 aliphatic rings. The van der Waals surface area contributed by atoms with Gasteiger partial charge < -0.3 is 24.8 Å². The normalized spacial score (nSPS) is 14.8. The van der Waals surface area contributed by atoms with E-state index in [1.165, 1.54) is 17.3 Å². The van der Waals surface area contributed by atoms with E-state index in [0.717, 1.165) is 5.69 Å². The minimum absolute atomic E-state index is 0.225. The van der Waals surface area contributed by atoms with Gasteiger partial charge in [0.25, 0.3) is 5.91 Å². The monoisotopic (exact) mass is 533 g/mol. The molecule has 3 N–H and O–H groups in total. The second-order valence-electron chi connectivity index (χ2n) is 8.73. The van der Waals surface area contributed by atoms with Gasteiger partial charge in [0.1, 0.15) is 23.1 Å². The zero-order valence-corrected chi connectivity index (χ0v) is 22.2. The van der Waals surface area contributed by atoms with Crippen molar-refractivity contribution in [2.24, 2.45) is 0 Å². The molecular formula is C27H31N7O5. The molecule has 0 radical (unpaired) electrons. The molecule has 0 saturated carbocycles. The second-order valence-corrected chi connectivity index (χ2v) is 8.73. The first-order valence-electron chi connectivity index (χ1n) is 12.2. The Bertz CT molecular complexity index is 1330. The molecule has 39 heavy (non-hydrogen) atoms. The number of hydrazine groups is 1. The molecule has 1 aromatic carbocycles. The summed E-state index contributed by atoms with van der Waals surface area (Å²) < 4.78 is 10.8. The predicted molar refractivity (Wildman–Crippen MR) is 146 cm³/mol. The van der Waals surface area contributed by atoms with Crippen LogP contribution in [0.1, 0.15) is 6.92 Å². The van der Waals surface area contributed by atoms with Crippen molar-refractivity contribution in [3.05, 3.63) is 78.3 Å². The molecule has 204 valence electrons. The summed E-state index contributed by atoms with van der Waals surface area (Å²) in [6.45, 7) is 2.63. The van der Waals surface area contributed by atoms with Gasteiger partial charge in [-0.05, 0) is 37.3 Å². The molecule has 1 aliphatic heterocycles. The van der Waals surface area contributed by atoms with Gasteiger partial charge in [-0.3, -0.25) is 20.1 Å². The lowest BCUT2D eigenvalue weighted by molar-refractivity contribution is -0.113. The van der Waals surface area contributed by atoms with Gasteiger partial charge in [-0.15, -0.1) is 0 Å². The number of amides is 3. The first kappa shape index (κ1) is 27.4. The van der Waals surface area contributed by atoms with Crippen LogP contribution in [-0.4, -0.2) is 77.5 Å². The number of para-hydroxylation sites is 1. The molecule has 2 aromatic heterocycles. The lowest BCUT2D eigenvalue weighted by Gasteiger charge is -2.31. The van der Waals surface area contributed by atoms with Crippen LogP contribution in [0.15, 0.2) is 78.3 Å². The number of nitrogens with one attached hydrogen (secondary N) is 2. The molecule has 0 aliphatic carbocycles. The van der Waals surface area contributed by atoms with E-state index >= 15 is 0 Å². The van der Waals surface area contributed by atoms with E-state index in [0.29, 0.717) is 42.0 Å². The van der Waals surface area contributed by atoms with E-state index < -0.39 is 12.1 Å². The van der Waals surface area contributed by atoms with E-state index in [1.54, 1.807) is 62.4 Å². The number of ether oxygens (including phenoxy) is 2. The number of nitrogens with zero attached hydrogens (tertiary/aromatic N) is 5. The number of carbonyl (C=O) groups excluding carboxylic acids is 2. The van der Waals surface area contributed by atoms with Crippen molar-refractivity contribution in [1.29, 1.82) is 0 Å². The number of allylic oxidation sites excluding steroid dienone is 1. The number of carbonyl (C=O) groups is 2. The van der Waals surface area contributed by atoms with Crippen molar-refractivity contribution >= 4 is 29.3 Å². The summed E-state index contributed by atoms with van der Waals surface area (Å²) in [5.41, 5.74) is 1.60. The van der Waals surface area contributed by atoms with Gasteiger partial charge in [-0.25, -0.2) is 14.8 Å². The Balaban J connectivity index is 1.37. The summed E-state index contributed by atoms with van der Waals surface area (Å²) in [6.07, 6.45) is 1.82. The van der Waals surface area contributed by atoms with E-state index in [-0.39, 0.29) is 11.6 Å². The summed E-state index contributed by atoms with van der Waals surface area (Å²) in [5, 5.41) is 19.7. The Morgan fingerprint density at radius 2 is 1.82 bits per heavy atom. The van der Waals surface area contributed by atoms with Gasteiger partial charge in [0.2, 0.25) is 0 Å². The topological polar surface area (TPSA) is 132 Å². The van der Waals surface area contributed by atoms with Gasteiger partial charge in [0.05, 0.1) is 24.1 Å². The van der Waals surface area contributed by atoms with E-state index in [9.17, 15) is 14.7 Å². The molecule has 0 bridgehead atoms. The Morgan fingerprint density at radius 1 is 1.05 bits per heavy atom. The highest BCUT2D eigenvalue weighted by atomic mass is 16.5. The Hall–Kier alpha value is -4.68. The predicted octanol–water partition coefficient (Wildman–Crippen LogP) is 3.28. The summed E-state index contributed by atoms with van der Waals surface area (Å²) >= 11 is 0. The molecule has 1 atom stereocenters. The molecule has 4 rings (SSSR count). The highest BCUT2D eigenvalue weighted by molar-refractivity contribution is 6.05. The number of urea groups is 1. The lowest BCUT2D eigenvalue weighted by Crippen LogP contribution is -2.41. The maximum absolute atomic E-state index is 13.1. The van der Waals surface area contributed by atoms with Crippen LogP contribution in [0.25, 0.3) is 0 Å². The summed E-state index contributed by atoms with van der Waals surface area (Å²) in [7, 11) is 5.01. The first-order chi connectivity index (χ1) is 18.8. The number of aromatic nitrogens is 2. The number of benzene rings is 1. The van der Waals surface area contributed by atoms with Crippen molar-refractivity contribution in [2.45, 2.75) is 13.2 Å². The maximum atomic E-state index is 13.1. The van der Waals surface area contributed by atoms with Crippen molar-refractivity contribution in [2.75, 3.05) is 50.0 Å². The van der Waals surface area contributed by atoms with Gasteiger partial charge in [0, 0.05) is 45.7 Å². The number of aliphatic hydroxyl groups excluding tert-OH is 1. The highest BCUT2D eigenvalue weighted by Crippen LogP contribution is 2.32. The van der Waals surface area contributed by atoms with Gasteiger partial charge in [-0.1, -0.05) is 18.2 Å². The fraction of sp³-hybridized carbons (Fsp3) is 0.259. The van der Waals surface area contributed by atoms with Gasteiger partial charge in [-0.2, -0.15) is 0 Å². The van der Waals surface area contributed by atoms with Crippen LogP contribution < -0.4 is 20.4 Å². The first-order valence-corrected chi connectivity index (χ1v) is 12.2. The number of hydrogen-bond donors (Lipinski definition) is 3. The van der Waals surface area contributed by atoms with Crippen molar-refractivity contribution < 1.29 is 24.2 Å². The third kappa shape index (κ3) is 6.43. The molecule has 0 saturated heterocycles. The van der Waals surface area contributed by atoms with Crippen molar-refractivity contribution in [3.8, 4) is 11.5 Å². The molecule has 12 heteroatoms. The largest absolute Gasteiger partial charge is 0.456 e.